The van der Waals surface area contributed by atoms with Crippen molar-refractivity contribution in [1.29, 1.82) is 0 Å². The molecule has 0 radical (unpaired) electrons. The number of anilines is 1. The van der Waals surface area contributed by atoms with E-state index in [0.29, 0.717) is 5.69 Å². The largest absolute Gasteiger partial charge is 0.320 e. The maximum Gasteiger partial charge on any atom is 0.276 e. The lowest BCUT2D eigenvalue weighted by atomic mass is 10.0. The number of fused-ring (bicyclic) bond motifs is 1. The molecule has 2 aromatic heterocycles. The van der Waals surface area contributed by atoms with Gasteiger partial charge in [-0.2, -0.15) is 5.10 Å². The lowest BCUT2D eigenvalue weighted by Crippen LogP contribution is -2.15. The zero-order chi connectivity index (χ0) is 15.7. The van der Waals surface area contributed by atoms with Gasteiger partial charge < -0.3 is 5.32 Å². The van der Waals surface area contributed by atoms with Gasteiger partial charge in [-0.05, 0) is 30.9 Å². The molecule has 22 heavy (non-hydrogen) atoms. The minimum atomic E-state index is -0.189. The number of rotatable bonds is 4. The van der Waals surface area contributed by atoms with Crippen LogP contribution in [0.5, 0.6) is 0 Å². The monoisotopic (exact) mass is 314 g/mol. The van der Waals surface area contributed by atoms with Crippen LogP contribution >= 0.6 is 11.3 Å². The number of imidazole rings is 1. The van der Waals surface area contributed by atoms with Crippen LogP contribution in [0.15, 0.2) is 24.4 Å². The van der Waals surface area contributed by atoms with Crippen LogP contribution in [0.2, 0.25) is 0 Å². The third kappa shape index (κ3) is 2.62. The molecule has 0 fully saturated rings. The van der Waals surface area contributed by atoms with E-state index < -0.39 is 0 Å². The lowest BCUT2D eigenvalue weighted by molar-refractivity contribution is 0.102. The van der Waals surface area contributed by atoms with E-state index in [1.807, 2.05) is 25.1 Å². The number of amides is 1. The van der Waals surface area contributed by atoms with Gasteiger partial charge in [0.15, 0.2) is 0 Å². The van der Waals surface area contributed by atoms with E-state index in [0.717, 1.165) is 39.6 Å². The molecule has 0 spiro atoms. The number of para-hydroxylation sites is 1. The van der Waals surface area contributed by atoms with Crippen molar-refractivity contribution in [2.24, 2.45) is 0 Å². The number of nitrogens with one attached hydrogen (secondary N) is 1. The molecule has 5 nitrogen and oxygen atoms in total. The molecule has 0 saturated carbocycles. The van der Waals surface area contributed by atoms with Gasteiger partial charge in [-0.1, -0.05) is 43.4 Å². The van der Waals surface area contributed by atoms with Gasteiger partial charge in [-0.25, -0.2) is 9.50 Å². The third-order valence-electron chi connectivity index (χ3n) is 3.61. The number of carbonyl (C=O) groups is 1. The Labute approximate surface area is 133 Å². The van der Waals surface area contributed by atoms with E-state index >= 15 is 0 Å². The fourth-order valence-corrected chi connectivity index (χ4v) is 3.21. The molecule has 0 aliphatic carbocycles. The molecule has 0 aliphatic rings. The quantitative estimate of drug-likeness (QED) is 0.802. The number of hydrogen-bond acceptors (Lipinski definition) is 4. The van der Waals surface area contributed by atoms with E-state index in [-0.39, 0.29) is 5.91 Å². The molecule has 0 aliphatic heterocycles. The highest BCUT2D eigenvalue weighted by atomic mass is 32.1. The summed E-state index contributed by atoms with van der Waals surface area (Å²) in [6, 6.07) is 6.13. The molecule has 6 heteroatoms. The Kier molecular flexibility index (Phi) is 3.94. The van der Waals surface area contributed by atoms with E-state index in [1.54, 1.807) is 10.7 Å². The minimum Gasteiger partial charge on any atom is -0.320 e. The SMILES string of the molecule is CCc1cccc(CC)c1NC(=O)c1cn2nc(C)sc2n1. The normalized spacial score (nSPS) is 11.0. The Balaban J connectivity index is 1.92. The second kappa shape index (κ2) is 5.88. The molecule has 1 N–H and O–H groups in total. The minimum absolute atomic E-state index is 0.189. The van der Waals surface area contributed by atoms with Crippen LogP contribution in [-0.2, 0) is 12.8 Å². The number of benzene rings is 1. The summed E-state index contributed by atoms with van der Waals surface area (Å²) in [6.45, 7) is 6.09. The molecule has 3 rings (SSSR count). The first-order valence-electron chi connectivity index (χ1n) is 7.37. The molecule has 3 aromatic rings. The Morgan fingerprint density at radius 3 is 2.55 bits per heavy atom. The lowest BCUT2D eigenvalue weighted by Gasteiger charge is -2.13. The van der Waals surface area contributed by atoms with E-state index in [1.165, 1.54) is 11.3 Å². The number of hydrogen-bond donors (Lipinski definition) is 1. The van der Waals surface area contributed by atoms with E-state index in [2.05, 4.69) is 29.2 Å². The Bertz CT molecular complexity index is 780. The number of aromatic nitrogens is 3. The summed E-state index contributed by atoms with van der Waals surface area (Å²) >= 11 is 1.47. The van der Waals surface area contributed by atoms with Crippen molar-refractivity contribution in [2.45, 2.75) is 33.6 Å². The second-order valence-corrected chi connectivity index (χ2v) is 6.25. The van der Waals surface area contributed by atoms with Crippen LogP contribution in [0.4, 0.5) is 5.69 Å². The van der Waals surface area contributed by atoms with Gasteiger partial charge in [0.2, 0.25) is 4.96 Å². The molecule has 1 amide bonds. The van der Waals surface area contributed by atoms with Crippen LogP contribution in [0.3, 0.4) is 0 Å². The summed E-state index contributed by atoms with van der Waals surface area (Å²) in [5.74, 6) is -0.189. The first kappa shape index (κ1) is 14.7. The van der Waals surface area contributed by atoms with Gasteiger partial charge in [0.05, 0.1) is 6.20 Å². The maximum atomic E-state index is 12.5. The van der Waals surface area contributed by atoms with Crippen molar-refractivity contribution in [3.05, 3.63) is 46.2 Å². The van der Waals surface area contributed by atoms with Crippen LogP contribution in [0.25, 0.3) is 4.96 Å². The number of aryl methyl sites for hydroxylation is 3. The highest BCUT2D eigenvalue weighted by molar-refractivity contribution is 7.16. The summed E-state index contributed by atoms with van der Waals surface area (Å²) in [6.07, 6.45) is 3.43. The van der Waals surface area contributed by atoms with E-state index in [9.17, 15) is 4.79 Å². The molecule has 0 unspecified atom stereocenters. The van der Waals surface area contributed by atoms with Crippen molar-refractivity contribution in [1.82, 2.24) is 14.6 Å². The van der Waals surface area contributed by atoms with Crippen molar-refractivity contribution in [2.75, 3.05) is 5.32 Å². The highest BCUT2D eigenvalue weighted by Crippen LogP contribution is 2.23. The molecule has 0 bridgehead atoms. The van der Waals surface area contributed by atoms with Crippen LogP contribution < -0.4 is 5.32 Å². The van der Waals surface area contributed by atoms with Gasteiger partial charge >= 0.3 is 0 Å². The Morgan fingerprint density at radius 2 is 1.95 bits per heavy atom. The number of carbonyl (C=O) groups excluding carboxylic acids is 1. The zero-order valence-electron chi connectivity index (χ0n) is 12.9. The van der Waals surface area contributed by atoms with Crippen LogP contribution in [0, 0.1) is 6.92 Å². The number of nitrogens with zero attached hydrogens (tertiary/aromatic N) is 3. The van der Waals surface area contributed by atoms with Crippen molar-refractivity contribution in [3.8, 4) is 0 Å². The topological polar surface area (TPSA) is 59.3 Å². The Hall–Kier alpha value is -2.21. The molecule has 0 saturated heterocycles. The van der Waals surface area contributed by atoms with E-state index in [4.69, 9.17) is 0 Å². The van der Waals surface area contributed by atoms with Crippen molar-refractivity contribution >= 4 is 27.9 Å². The molecule has 0 atom stereocenters. The predicted octanol–water partition coefficient (Wildman–Crippen LogP) is 3.48. The van der Waals surface area contributed by atoms with Gasteiger partial charge in [0.1, 0.15) is 10.7 Å². The van der Waals surface area contributed by atoms with Crippen LogP contribution in [-0.4, -0.2) is 20.5 Å². The first-order valence-corrected chi connectivity index (χ1v) is 8.19. The zero-order valence-corrected chi connectivity index (χ0v) is 13.7. The van der Waals surface area contributed by atoms with Gasteiger partial charge in [-0.15, -0.1) is 0 Å². The summed E-state index contributed by atoms with van der Waals surface area (Å²) in [7, 11) is 0. The molecular weight excluding hydrogens is 296 g/mol. The van der Waals surface area contributed by atoms with Gasteiger partial charge in [-0.3, -0.25) is 4.79 Å². The summed E-state index contributed by atoms with van der Waals surface area (Å²) < 4.78 is 1.65. The summed E-state index contributed by atoms with van der Waals surface area (Å²) in [5, 5.41) is 8.24. The molecule has 2 heterocycles. The highest BCUT2D eigenvalue weighted by Gasteiger charge is 2.16. The van der Waals surface area contributed by atoms with Gasteiger partial charge in [0, 0.05) is 5.69 Å². The Morgan fingerprint density at radius 1 is 1.27 bits per heavy atom. The molecule has 1 aromatic carbocycles. The molecule has 114 valence electrons. The predicted molar refractivity (Wildman–Crippen MR) is 88.8 cm³/mol. The average molecular weight is 314 g/mol. The average Bonchev–Trinajstić information content (AvgIpc) is 3.04. The fraction of sp³-hybridized carbons (Fsp3) is 0.312. The molecular formula is C16H18N4OS. The summed E-state index contributed by atoms with van der Waals surface area (Å²) in [4.78, 5) is 17.6. The van der Waals surface area contributed by atoms with Crippen LogP contribution in [0.1, 0.15) is 40.5 Å². The fourth-order valence-electron chi connectivity index (χ4n) is 2.49. The third-order valence-corrected chi connectivity index (χ3v) is 4.45. The smallest absolute Gasteiger partial charge is 0.276 e. The first-order chi connectivity index (χ1) is 10.6. The van der Waals surface area contributed by atoms with Crippen molar-refractivity contribution in [3.63, 3.8) is 0 Å². The van der Waals surface area contributed by atoms with Crippen molar-refractivity contribution < 1.29 is 4.79 Å². The standard InChI is InChI=1S/C16H18N4OS/c1-4-11-7-6-8-12(5-2)14(11)18-15(21)13-9-20-16(17-13)22-10(3)19-20/h6-9H,4-5H2,1-3H3,(H,18,21). The second-order valence-electron chi connectivity index (χ2n) is 5.09. The van der Waals surface area contributed by atoms with Gasteiger partial charge in [0.25, 0.3) is 5.91 Å². The maximum absolute atomic E-state index is 12.5. The summed E-state index contributed by atoms with van der Waals surface area (Å²) in [5.41, 5.74) is 3.59.